The molecule has 0 bridgehead atoms. The summed E-state index contributed by atoms with van der Waals surface area (Å²) in [5.74, 6) is 0.460. The van der Waals surface area contributed by atoms with Crippen LogP contribution in [0, 0.1) is 13.8 Å². The van der Waals surface area contributed by atoms with E-state index < -0.39 is 10.0 Å². The monoisotopic (exact) mass is 430 g/mol. The maximum Gasteiger partial charge on any atom is 0.258 e. The molecule has 3 rings (SSSR count). The first-order valence-corrected chi connectivity index (χ1v) is 11.8. The number of aryl methyl sites for hydroxylation is 2. The summed E-state index contributed by atoms with van der Waals surface area (Å²) in [6.45, 7) is 8.81. The van der Waals surface area contributed by atoms with E-state index in [2.05, 4.69) is 0 Å². The van der Waals surface area contributed by atoms with E-state index in [0.29, 0.717) is 30.9 Å². The fraction of sp³-hybridized carbons (Fsp3) is 0.435. The molecule has 0 spiro atoms. The van der Waals surface area contributed by atoms with Crippen molar-refractivity contribution in [1.82, 2.24) is 4.31 Å². The van der Waals surface area contributed by atoms with Gasteiger partial charge < -0.3 is 9.64 Å². The molecule has 1 amide bonds. The number of nitrogens with zero attached hydrogens (tertiary/aromatic N) is 2. The normalized spacial score (nSPS) is 14.0. The highest BCUT2D eigenvalue weighted by Crippen LogP contribution is 2.39. The minimum Gasteiger partial charge on any atom is -0.495 e. The molecule has 1 heterocycles. The third-order valence-corrected chi connectivity index (χ3v) is 7.85. The molecule has 1 aliphatic heterocycles. The molecule has 1 aliphatic rings. The summed E-state index contributed by atoms with van der Waals surface area (Å²) in [7, 11) is -2.04. The summed E-state index contributed by atoms with van der Waals surface area (Å²) < 4.78 is 32.9. The topological polar surface area (TPSA) is 66.9 Å². The predicted molar refractivity (Wildman–Crippen MR) is 119 cm³/mol. The van der Waals surface area contributed by atoms with Gasteiger partial charge >= 0.3 is 0 Å². The number of amides is 1. The molecule has 7 heteroatoms. The zero-order valence-electron chi connectivity index (χ0n) is 18.4. The van der Waals surface area contributed by atoms with Crippen LogP contribution >= 0.6 is 0 Å². The summed E-state index contributed by atoms with van der Waals surface area (Å²) in [4.78, 5) is 15.5. The van der Waals surface area contributed by atoms with Gasteiger partial charge in [0.2, 0.25) is 10.0 Å². The number of sulfonamides is 1. The third kappa shape index (κ3) is 3.84. The molecule has 2 aromatic rings. The van der Waals surface area contributed by atoms with E-state index in [1.165, 1.54) is 10.4 Å². The van der Waals surface area contributed by atoms with Crippen LogP contribution in [0.25, 0.3) is 0 Å². The van der Waals surface area contributed by atoms with Crippen molar-refractivity contribution in [3.8, 4) is 5.75 Å². The summed E-state index contributed by atoms with van der Waals surface area (Å²) in [5.41, 5.74) is 4.18. The van der Waals surface area contributed by atoms with Gasteiger partial charge in [0.1, 0.15) is 5.75 Å². The van der Waals surface area contributed by atoms with Crippen LogP contribution in [0.3, 0.4) is 0 Å². The maximum atomic E-state index is 13.6. The van der Waals surface area contributed by atoms with E-state index >= 15 is 0 Å². The number of carbonyl (C=O) groups excluding carboxylic acids is 1. The third-order valence-electron chi connectivity index (χ3n) is 5.81. The second-order valence-electron chi connectivity index (χ2n) is 7.54. The van der Waals surface area contributed by atoms with Crippen molar-refractivity contribution >= 4 is 21.6 Å². The van der Waals surface area contributed by atoms with Crippen LogP contribution in [-0.4, -0.2) is 45.4 Å². The highest BCUT2D eigenvalue weighted by Gasteiger charge is 2.30. The molecule has 0 N–H and O–H groups in total. The minimum absolute atomic E-state index is 0.147. The van der Waals surface area contributed by atoms with Crippen LogP contribution in [-0.2, 0) is 16.4 Å². The largest absolute Gasteiger partial charge is 0.495 e. The fourth-order valence-electron chi connectivity index (χ4n) is 4.07. The van der Waals surface area contributed by atoms with Gasteiger partial charge in [-0.3, -0.25) is 4.79 Å². The Morgan fingerprint density at radius 2 is 1.77 bits per heavy atom. The molecule has 30 heavy (non-hydrogen) atoms. The number of benzene rings is 2. The molecule has 162 valence electrons. The molecular weight excluding hydrogens is 400 g/mol. The quantitative estimate of drug-likeness (QED) is 0.696. The summed E-state index contributed by atoms with van der Waals surface area (Å²) in [5, 5.41) is 0. The number of rotatable bonds is 6. The van der Waals surface area contributed by atoms with Crippen molar-refractivity contribution in [2.45, 2.75) is 45.4 Å². The summed E-state index contributed by atoms with van der Waals surface area (Å²) >= 11 is 0. The maximum absolute atomic E-state index is 13.6. The molecule has 2 aromatic carbocycles. The van der Waals surface area contributed by atoms with Crippen LogP contribution in [0.4, 0.5) is 5.69 Å². The highest BCUT2D eigenvalue weighted by atomic mass is 32.2. The number of hydrogen-bond donors (Lipinski definition) is 0. The Bertz CT molecular complexity index is 1060. The molecular formula is C23H30N2O4S. The molecule has 0 aliphatic carbocycles. The van der Waals surface area contributed by atoms with Gasteiger partial charge in [-0.05, 0) is 61.6 Å². The van der Waals surface area contributed by atoms with Crippen LogP contribution in [0.5, 0.6) is 5.75 Å². The predicted octanol–water partition coefficient (Wildman–Crippen LogP) is 3.94. The van der Waals surface area contributed by atoms with Gasteiger partial charge in [0.15, 0.2) is 0 Å². The van der Waals surface area contributed by atoms with Crippen LogP contribution in [0.15, 0.2) is 35.2 Å². The smallest absolute Gasteiger partial charge is 0.258 e. The Morgan fingerprint density at radius 1 is 1.10 bits per heavy atom. The van der Waals surface area contributed by atoms with Crippen molar-refractivity contribution in [3.05, 3.63) is 52.6 Å². The lowest BCUT2D eigenvalue weighted by molar-refractivity contribution is 0.0983. The van der Waals surface area contributed by atoms with Crippen molar-refractivity contribution < 1.29 is 17.9 Å². The van der Waals surface area contributed by atoms with Gasteiger partial charge in [-0.2, -0.15) is 4.31 Å². The molecule has 0 atom stereocenters. The van der Waals surface area contributed by atoms with Crippen LogP contribution < -0.4 is 9.64 Å². The van der Waals surface area contributed by atoms with Crippen molar-refractivity contribution in [2.24, 2.45) is 0 Å². The lowest BCUT2D eigenvalue weighted by Gasteiger charge is -2.32. The average Bonchev–Trinajstić information content (AvgIpc) is 2.74. The SMILES string of the molecule is CCN(CC)S(=O)(=O)c1ccc(C)c(C(=O)N2CCCc3c(C)ccc(OC)c32)c1. The van der Waals surface area contributed by atoms with Crippen LogP contribution in [0.1, 0.15) is 47.3 Å². The van der Waals surface area contributed by atoms with Gasteiger partial charge in [-0.25, -0.2) is 8.42 Å². The van der Waals surface area contributed by atoms with Gasteiger partial charge in [-0.15, -0.1) is 0 Å². The van der Waals surface area contributed by atoms with E-state index in [1.807, 2.05) is 26.0 Å². The Labute approximate surface area is 179 Å². The zero-order valence-corrected chi connectivity index (χ0v) is 19.2. The van der Waals surface area contributed by atoms with Crippen molar-refractivity contribution in [3.63, 3.8) is 0 Å². The number of carbonyl (C=O) groups is 1. The van der Waals surface area contributed by atoms with Crippen molar-refractivity contribution in [2.75, 3.05) is 31.6 Å². The van der Waals surface area contributed by atoms with Crippen LogP contribution in [0.2, 0.25) is 0 Å². The molecule has 0 saturated heterocycles. The van der Waals surface area contributed by atoms with Gasteiger partial charge in [-0.1, -0.05) is 26.0 Å². The molecule has 0 unspecified atom stereocenters. The standard InChI is InChI=1S/C23H30N2O4S/c1-6-24(7-2)30(27,28)18-12-10-17(4)20(15-18)23(26)25-14-8-9-19-16(3)11-13-21(29-5)22(19)25/h10-13,15H,6-9,14H2,1-5H3. The zero-order chi connectivity index (χ0) is 22.1. The molecule has 6 nitrogen and oxygen atoms in total. The second kappa shape index (κ2) is 8.78. The van der Waals surface area contributed by atoms with Gasteiger partial charge in [0.25, 0.3) is 5.91 Å². The molecule has 0 radical (unpaired) electrons. The lowest BCUT2D eigenvalue weighted by atomic mass is 9.95. The number of anilines is 1. The lowest BCUT2D eigenvalue weighted by Crippen LogP contribution is -2.37. The molecule has 0 aromatic heterocycles. The van der Waals surface area contributed by atoms with Gasteiger partial charge in [0.05, 0.1) is 17.7 Å². The van der Waals surface area contributed by atoms with E-state index in [9.17, 15) is 13.2 Å². The Morgan fingerprint density at radius 3 is 2.40 bits per heavy atom. The van der Waals surface area contributed by atoms with E-state index in [0.717, 1.165) is 35.2 Å². The van der Waals surface area contributed by atoms with E-state index in [1.54, 1.807) is 38.0 Å². The van der Waals surface area contributed by atoms with E-state index in [-0.39, 0.29) is 10.8 Å². The van der Waals surface area contributed by atoms with E-state index in [4.69, 9.17) is 4.74 Å². The summed E-state index contributed by atoms with van der Waals surface area (Å²) in [6.07, 6.45) is 1.74. The number of methoxy groups -OCH3 is 1. The molecule has 0 saturated carbocycles. The first-order chi connectivity index (χ1) is 14.3. The first-order valence-electron chi connectivity index (χ1n) is 10.3. The second-order valence-corrected chi connectivity index (χ2v) is 9.48. The van der Waals surface area contributed by atoms with Crippen molar-refractivity contribution in [1.29, 1.82) is 0 Å². The first kappa shape index (κ1) is 22.3. The number of ether oxygens (including phenoxy) is 1. The Kier molecular flexibility index (Phi) is 6.53. The fourth-order valence-corrected chi connectivity index (χ4v) is 5.56. The van der Waals surface area contributed by atoms with Gasteiger partial charge in [0, 0.05) is 25.2 Å². The number of hydrogen-bond acceptors (Lipinski definition) is 4. The Hall–Kier alpha value is -2.38. The minimum atomic E-state index is -3.65. The summed E-state index contributed by atoms with van der Waals surface area (Å²) in [6, 6.07) is 8.69. The Balaban J connectivity index is 2.09. The number of fused-ring (bicyclic) bond motifs is 1. The highest BCUT2D eigenvalue weighted by molar-refractivity contribution is 7.89. The molecule has 0 fully saturated rings. The average molecular weight is 431 g/mol.